The van der Waals surface area contributed by atoms with Crippen LogP contribution in [0.15, 0.2) is 71.6 Å². The number of nitrogens with zero attached hydrogens (tertiary/aromatic N) is 1. The highest BCUT2D eigenvalue weighted by Crippen LogP contribution is 2.40. The maximum Gasteiger partial charge on any atom is 0.295 e. The Morgan fingerprint density at radius 2 is 1.89 bits per heavy atom. The second-order valence-corrected chi connectivity index (χ2v) is 10.3. The van der Waals surface area contributed by atoms with Crippen LogP contribution in [-0.4, -0.2) is 56.0 Å². The third-order valence-corrected chi connectivity index (χ3v) is 7.86. The minimum Gasteiger partial charge on any atom is -0.872 e. The first-order valence-electron chi connectivity index (χ1n) is 12.5. The first-order valence-corrected chi connectivity index (χ1v) is 13.4. The molecule has 5 rings (SSSR count). The van der Waals surface area contributed by atoms with Gasteiger partial charge < -0.3 is 24.4 Å². The summed E-state index contributed by atoms with van der Waals surface area (Å²) in [4.78, 5) is 30.1. The van der Waals surface area contributed by atoms with Gasteiger partial charge in [-0.1, -0.05) is 48.2 Å². The molecule has 2 aliphatic heterocycles. The summed E-state index contributed by atoms with van der Waals surface area (Å²) in [5, 5.41) is 15.7. The number of amides is 1. The number of hydrogen-bond acceptors (Lipinski definition) is 6. The predicted octanol–water partition coefficient (Wildman–Crippen LogP) is 1.77. The fourth-order valence-electron chi connectivity index (χ4n) is 4.90. The Hall–Kier alpha value is -3.46. The van der Waals surface area contributed by atoms with Gasteiger partial charge in [-0.2, -0.15) is 0 Å². The maximum absolute atomic E-state index is 13.8. The summed E-state index contributed by atoms with van der Waals surface area (Å²) < 4.78 is 11.3. The Morgan fingerprint density at radius 1 is 1.11 bits per heavy atom. The van der Waals surface area contributed by atoms with Crippen LogP contribution in [0.25, 0.3) is 5.76 Å². The number of morpholine rings is 1. The lowest BCUT2D eigenvalue weighted by Gasteiger charge is -2.29. The van der Waals surface area contributed by atoms with Gasteiger partial charge in [0.15, 0.2) is 0 Å². The van der Waals surface area contributed by atoms with Gasteiger partial charge >= 0.3 is 0 Å². The summed E-state index contributed by atoms with van der Waals surface area (Å²) in [5.74, 6) is -1.06. The number of hydrogen-bond donors (Lipinski definition) is 1. The number of ketones is 1. The molecule has 1 aromatic heterocycles. The number of benzene rings is 2. The van der Waals surface area contributed by atoms with E-state index in [1.807, 2.05) is 54.8 Å². The molecule has 0 saturated carbocycles. The van der Waals surface area contributed by atoms with Gasteiger partial charge in [0.1, 0.15) is 25.4 Å². The summed E-state index contributed by atoms with van der Waals surface area (Å²) in [5.41, 5.74) is 2.18. The Bertz CT molecular complexity index is 1280. The number of quaternary nitrogens is 1. The van der Waals surface area contributed by atoms with E-state index in [2.05, 4.69) is 0 Å². The van der Waals surface area contributed by atoms with E-state index in [9.17, 15) is 14.7 Å². The zero-order chi connectivity index (χ0) is 25.8. The molecule has 192 valence electrons. The van der Waals surface area contributed by atoms with Crippen molar-refractivity contribution >= 4 is 28.8 Å². The van der Waals surface area contributed by atoms with Gasteiger partial charge in [0.25, 0.3) is 5.91 Å². The molecule has 7 nitrogen and oxygen atoms in total. The largest absolute Gasteiger partial charge is 0.872 e. The van der Waals surface area contributed by atoms with Crippen LogP contribution in [0.1, 0.15) is 27.6 Å². The maximum atomic E-state index is 13.8. The van der Waals surface area contributed by atoms with Crippen LogP contribution < -0.4 is 14.7 Å². The molecule has 2 saturated heterocycles. The highest BCUT2D eigenvalue weighted by atomic mass is 32.1. The number of carbonyl (C=O) groups excluding carboxylic acids is 2. The van der Waals surface area contributed by atoms with Crippen molar-refractivity contribution in [2.75, 3.05) is 39.4 Å². The SMILES string of the molecule is Cc1cc(OCc2ccccc2)ccc1C([O-])=C1C(=O)C(=O)N(CC[NH+]2CCOCC2)C1c1cccs1. The lowest BCUT2D eigenvalue weighted by molar-refractivity contribution is -0.907. The molecule has 1 N–H and O–H groups in total. The van der Waals surface area contributed by atoms with Gasteiger partial charge in [0.05, 0.1) is 32.3 Å². The van der Waals surface area contributed by atoms with E-state index in [0.717, 1.165) is 23.5 Å². The third kappa shape index (κ3) is 5.46. The average molecular weight is 519 g/mol. The lowest BCUT2D eigenvalue weighted by atomic mass is 9.97. The van der Waals surface area contributed by atoms with Crippen molar-refractivity contribution in [2.24, 2.45) is 0 Å². The van der Waals surface area contributed by atoms with E-state index in [1.165, 1.54) is 16.2 Å². The topological polar surface area (TPSA) is 83.3 Å². The van der Waals surface area contributed by atoms with Crippen LogP contribution in [0.3, 0.4) is 0 Å². The molecule has 0 aliphatic carbocycles. The van der Waals surface area contributed by atoms with Gasteiger partial charge in [-0.25, -0.2) is 0 Å². The molecular formula is C29H30N2O5S. The minimum atomic E-state index is -0.704. The second kappa shape index (κ2) is 11.3. The molecule has 0 spiro atoms. The fourth-order valence-corrected chi connectivity index (χ4v) is 5.74. The quantitative estimate of drug-likeness (QED) is 0.279. The van der Waals surface area contributed by atoms with Crippen molar-refractivity contribution < 1.29 is 29.1 Å². The average Bonchev–Trinajstić information content (AvgIpc) is 3.54. The molecule has 1 atom stereocenters. The van der Waals surface area contributed by atoms with Crippen LogP contribution in [-0.2, 0) is 20.9 Å². The summed E-state index contributed by atoms with van der Waals surface area (Å²) in [6, 6.07) is 18.2. The molecule has 0 radical (unpaired) electrons. The number of nitrogens with one attached hydrogen (secondary N) is 1. The molecule has 1 amide bonds. The summed E-state index contributed by atoms with van der Waals surface area (Å²) in [7, 11) is 0. The molecule has 2 fully saturated rings. The van der Waals surface area contributed by atoms with Gasteiger partial charge in [-0.05, 0) is 47.2 Å². The van der Waals surface area contributed by atoms with Crippen LogP contribution >= 0.6 is 11.3 Å². The van der Waals surface area contributed by atoms with E-state index < -0.39 is 23.5 Å². The number of Topliss-reactive ketones (excluding diaryl/α,β-unsaturated/α-hetero) is 1. The van der Waals surface area contributed by atoms with Gasteiger partial charge in [0, 0.05) is 10.5 Å². The van der Waals surface area contributed by atoms with Crippen molar-refractivity contribution in [2.45, 2.75) is 19.6 Å². The zero-order valence-corrected chi connectivity index (χ0v) is 21.6. The van der Waals surface area contributed by atoms with Crippen molar-refractivity contribution in [1.29, 1.82) is 0 Å². The molecule has 37 heavy (non-hydrogen) atoms. The smallest absolute Gasteiger partial charge is 0.295 e. The fraction of sp³-hybridized carbons (Fsp3) is 0.310. The number of rotatable bonds is 8. The molecule has 2 aromatic carbocycles. The van der Waals surface area contributed by atoms with Crippen LogP contribution in [0.4, 0.5) is 0 Å². The van der Waals surface area contributed by atoms with Crippen molar-refractivity contribution in [1.82, 2.24) is 4.90 Å². The van der Waals surface area contributed by atoms with Crippen molar-refractivity contribution in [3.63, 3.8) is 0 Å². The monoisotopic (exact) mass is 518 g/mol. The standard InChI is InChI=1S/C29H30N2O5S/c1-20-18-22(36-19-21-6-3-2-4-7-21)9-10-23(20)27(32)25-26(24-8-5-17-37-24)31(29(34)28(25)33)12-11-30-13-15-35-16-14-30/h2-10,17-18,26,32H,11-16,19H2,1H3. The molecular weight excluding hydrogens is 488 g/mol. The molecule has 8 heteroatoms. The van der Waals surface area contributed by atoms with E-state index in [1.54, 1.807) is 23.1 Å². The molecule has 3 aromatic rings. The normalized spacial score (nSPS) is 19.9. The van der Waals surface area contributed by atoms with Gasteiger partial charge in [-0.15, -0.1) is 11.3 Å². The molecule has 0 bridgehead atoms. The second-order valence-electron chi connectivity index (χ2n) is 9.35. The van der Waals surface area contributed by atoms with E-state index in [4.69, 9.17) is 9.47 Å². The van der Waals surface area contributed by atoms with Crippen molar-refractivity contribution in [3.05, 3.63) is 93.2 Å². The summed E-state index contributed by atoms with van der Waals surface area (Å²) in [6.45, 7) is 6.47. The van der Waals surface area contributed by atoms with E-state index in [0.29, 0.717) is 49.8 Å². The Morgan fingerprint density at radius 3 is 2.59 bits per heavy atom. The minimum absolute atomic E-state index is 0.0329. The zero-order valence-electron chi connectivity index (χ0n) is 20.8. The Labute approximate surface area is 220 Å². The number of carbonyl (C=O) groups is 2. The van der Waals surface area contributed by atoms with Gasteiger partial charge in [-0.3, -0.25) is 9.59 Å². The third-order valence-electron chi connectivity index (χ3n) is 6.94. The Balaban J connectivity index is 1.42. The van der Waals surface area contributed by atoms with E-state index in [-0.39, 0.29) is 5.57 Å². The summed E-state index contributed by atoms with van der Waals surface area (Å²) in [6.07, 6.45) is 0. The summed E-state index contributed by atoms with van der Waals surface area (Å²) >= 11 is 1.45. The highest BCUT2D eigenvalue weighted by Gasteiger charge is 2.45. The van der Waals surface area contributed by atoms with E-state index >= 15 is 0 Å². The molecule has 1 unspecified atom stereocenters. The van der Waals surface area contributed by atoms with Gasteiger partial charge in [0.2, 0.25) is 5.78 Å². The number of aryl methyl sites for hydroxylation is 1. The van der Waals surface area contributed by atoms with Crippen LogP contribution in [0.5, 0.6) is 5.75 Å². The number of thiophene rings is 1. The highest BCUT2D eigenvalue weighted by molar-refractivity contribution is 7.10. The first-order chi connectivity index (χ1) is 18.0. The number of ether oxygens (including phenoxy) is 2. The first kappa shape index (κ1) is 25.2. The number of likely N-dealkylation sites (tertiary alicyclic amines) is 1. The predicted molar refractivity (Wildman–Crippen MR) is 139 cm³/mol. The molecule has 3 heterocycles. The Kier molecular flexibility index (Phi) is 7.69. The van der Waals surface area contributed by atoms with Crippen LogP contribution in [0.2, 0.25) is 0 Å². The molecule has 2 aliphatic rings. The van der Waals surface area contributed by atoms with Crippen molar-refractivity contribution in [3.8, 4) is 5.75 Å². The lowest BCUT2D eigenvalue weighted by Crippen LogP contribution is -3.14. The van der Waals surface area contributed by atoms with Crippen LogP contribution in [0, 0.1) is 6.92 Å².